The molecule has 3 heteroatoms. The molecule has 0 amide bonds. The first-order valence-electron chi connectivity index (χ1n) is 7.24. The molecular weight excluding hydrogens is 241 g/mol. The van der Waals surface area contributed by atoms with E-state index in [1.165, 1.54) is 44.2 Å². The third-order valence-corrected chi connectivity index (χ3v) is 4.01. The van der Waals surface area contributed by atoms with Gasteiger partial charge in [0.2, 0.25) is 0 Å². The molecule has 1 atom stereocenters. The quantitative estimate of drug-likeness (QED) is 0.857. The molecular formula is C16H24FNO. The van der Waals surface area contributed by atoms with Crippen molar-refractivity contribution in [2.24, 2.45) is 0 Å². The van der Waals surface area contributed by atoms with Gasteiger partial charge in [0.1, 0.15) is 5.82 Å². The minimum absolute atomic E-state index is 0.0981. The van der Waals surface area contributed by atoms with Gasteiger partial charge in [-0.25, -0.2) is 4.39 Å². The highest BCUT2D eigenvalue weighted by atomic mass is 19.1. The second kappa shape index (κ2) is 6.49. The van der Waals surface area contributed by atoms with E-state index in [0.29, 0.717) is 6.04 Å². The summed E-state index contributed by atoms with van der Waals surface area (Å²) < 4.78 is 12.9. The molecule has 0 bridgehead atoms. The minimum Gasteiger partial charge on any atom is -0.394 e. The van der Waals surface area contributed by atoms with E-state index in [9.17, 15) is 9.50 Å². The summed E-state index contributed by atoms with van der Waals surface area (Å²) in [5.74, 6) is -0.213. The zero-order valence-electron chi connectivity index (χ0n) is 11.7. The zero-order valence-corrected chi connectivity index (χ0v) is 11.7. The second-order valence-corrected chi connectivity index (χ2v) is 6.00. The molecule has 1 aromatic rings. The summed E-state index contributed by atoms with van der Waals surface area (Å²) in [5, 5.41) is 13.3. The molecule has 1 fully saturated rings. The highest BCUT2D eigenvalue weighted by Crippen LogP contribution is 2.22. The van der Waals surface area contributed by atoms with Crippen molar-refractivity contribution in [1.29, 1.82) is 0 Å². The van der Waals surface area contributed by atoms with Crippen molar-refractivity contribution >= 4 is 0 Å². The molecule has 0 aliphatic heterocycles. The van der Waals surface area contributed by atoms with Gasteiger partial charge in [0, 0.05) is 11.6 Å². The van der Waals surface area contributed by atoms with Crippen LogP contribution in [-0.4, -0.2) is 23.3 Å². The molecule has 2 rings (SSSR count). The predicted octanol–water partition coefficient (Wildman–Crippen LogP) is 3.04. The fourth-order valence-corrected chi connectivity index (χ4v) is 2.95. The summed E-state index contributed by atoms with van der Waals surface area (Å²) in [4.78, 5) is 0. The van der Waals surface area contributed by atoms with E-state index in [4.69, 9.17) is 0 Å². The molecule has 0 spiro atoms. The monoisotopic (exact) mass is 265 g/mol. The summed E-state index contributed by atoms with van der Waals surface area (Å²) in [6.45, 7) is 2.14. The van der Waals surface area contributed by atoms with Gasteiger partial charge in [-0.15, -0.1) is 0 Å². The summed E-state index contributed by atoms with van der Waals surface area (Å²) in [7, 11) is 0. The first kappa shape index (κ1) is 14.5. The van der Waals surface area contributed by atoms with Crippen molar-refractivity contribution in [3.05, 3.63) is 35.6 Å². The Morgan fingerprint density at radius 3 is 2.42 bits per heavy atom. The van der Waals surface area contributed by atoms with E-state index in [-0.39, 0.29) is 18.0 Å². The summed E-state index contributed by atoms with van der Waals surface area (Å²) in [6.07, 6.45) is 6.98. The first-order chi connectivity index (χ1) is 9.11. The van der Waals surface area contributed by atoms with Crippen LogP contribution in [0.2, 0.25) is 0 Å². The number of aliphatic hydroxyl groups excluding tert-OH is 1. The highest BCUT2D eigenvalue weighted by Gasteiger charge is 2.27. The van der Waals surface area contributed by atoms with E-state index < -0.39 is 0 Å². The number of rotatable bonds is 5. The van der Waals surface area contributed by atoms with Crippen LogP contribution in [0.3, 0.4) is 0 Å². The Labute approximate surface area is 115 Å². The normalized spacial score (nSPS) is 20.2. The van der Waals surface area contributed by atoms with Crippen molar-refractivity contribution in [1.82, 2.24) is 5.32 Å². The Bertz CT molecular complexity index is 386. The fraction of sp³-hybridized carbons (Fsp3) is 0.625. The van der Waals surface area contributed by atoms with E-state index in [0.717, 1.165) is 12.0 Å². The van der Waals surface area contributed by atoms with Gasteiger partial charge in [0.15, 0.2) is 0 Å². The average Bonchev–Trinajstić information content (AvgIpc) is 2.42. The predicted molar refractivity (Wildman–Crippen MR) is 75.6 cm³/mol. The van der Waals surface area contributed by atoms with Crippen LogP contribution in [0.15, 0.2) is 24.3 Å². The van der Waals surface area contributed by atoms with Crippen LogP contribution < -0.4 is 5.32 Å². The molecule has 106 valence electrons. The molecule has 0 saturated heterocycles. The Morgan fingerprint density at radius 2 is 1.84 bits per heavy atom. The average molecular weight is 265 g/mol. The van der Waals surface area contributed by atoms with Crippen LogP contribution in [-0.2, 0) is 6.42 Å². The Kier molecular flexibility index (Phi) is 4.94. The van der Waals surface area contributed by atoms with Crippen molar-refractivity contribution in [2.75, 3.05) is 6.61 Å². The lowest BCUT2D eigenvalue weighted by Crippen LogP contribution is -2.52. The molecule has 1 aliphatic rings. The summed E-state index contributed by atoms with van der Waals surface area (Å²) in [5.41, 5.74) is 0.737. The molecule has 1 saturated carbocycles. The largest absolute Gasteiger partial charge is 0.394 e. The van der Waals surface area contributed by atoms with Gasteiger partial charge in [-0.3, -0.25) is 0 Å². The topological polar surface area (TPSA) is 32.3 Å². The van der Waals surface area contributed by atoms with Crippen LogP contribution >= 0.6 is 0 Å². The fourth-order valence-electron chi connectivity index (χ4n) is 2.95. The lowest BCUT2D eigenvalue weighted by atomic mass is 9.88. The van der Waals surface area contributed by atoms with E-state index in [1.54, 1.807) is 12.1 Å². The lowest BCUT2D eigenvalue weighted by molar-refractivity contribution is 0.150. The Hall–Kier alpha value is -0.930. The molecule has 2 nitrogen and oxygen atoms in total. The maximum atomic E-state index is 12.9. The maximum Gasteiger partial charge on any atom is 0.123 e. The number of hydrogen-bond donors (Lipinski definition) is 2. The zero-order chi connectivity index (χ0) is 13.7. The minimum atomic E-state index is -0.320. The smallest absolute Gasteiger partial charge is 0.123 e. The van der Waals surface area contributed by atoms with Crippen molar-refractivity contribution in [3.63, 3.8) is 0 Å². The molecule has 0 aromatic heterocycles. The number of benzene rings is 1. The van der Waals surface area contributed by atoms with Crippen molar-refractivity contribution < 1.29 is 9.50 Å². The van der Waals surface area contributed by atoms with Gasteiger partial charge in [0.05, 0.1) is 6.61 Å². The summed E-state index contributed by atoms with van der Waals surface area (Å²) in [6, 6.07) is 7.06. The van der Waals surface area contributed by atoms with Gasteiger partial charge < -0.3 is 10.4 Å². The van der Waals surface area contributed by atoms with Gasteiger partial charge in [-0.05, 0) is 43.9 Å². The third-order valence-electron chi connectivity index (χ3n) is 4.01. The van der Waals surface area contributed by atoms with E-state index in [1.807, 2.05) is 6.92 Å². The Morgan fingerprint density at radius 1 is 1.21 bits per heavy atom. The number of hydrogen-bond acceptors (Lipinski definition) is 2. The maximum absolute atomic E-state index is 12.9. The Balaban J connectivity index is 1.98. The summed E-state index contributed by atoms with van der Waals surface area (Å²) >= 11 is 0. The molecule has 0 radical (unpaired) electrons. The lowest BCUT2D eigenvalue weighted by Gasteiger charge is -2.35. The molecule has 0 heterocycles. The molecule has 1 unspecified atom stereocenters. The van der Waals surface area contributed by atoms with Crippen LogP contribution in [0.1, 0.15) is 44.6 Å². The molecule has 1 aromatic carbocycles. The van der Waals surface area contributed by atoms with E-state index in [2.05, 4.69) is 5.32 Å². The van der Waals surface area contributed by atoms with Crippen molar-refractivity contribution in [3.8, 4) is 0 Å². The second-order valence-electron chi connectivity index (χ2n) is 6.00. The van der Waals surface area contributed by atoms with Crippen LogP contribution in [0, 0.1) is 5.82 Å². The van der Waals surface area contributed by atoms with Gasteiger partial charge in [-0.2, -0.15) is 0 Å². The highest BCUT2D eigenvalue weighted by molar-refractivity contribution is 5.19. The van der Waals surface area contributed by atoms with Crippen LogP contribution in [0.5, 0.6) is 0 Å². The van der Waals surface area contributed by atoms with Gasteiger partial charge >= 0.3 is 0 Å². The molecule has 19 heavy (non-hydrogen) atoms. The van der Waals surface area contributed by atoms with Crippen molar-refractivity contribution in [2.45, 2.75) is 57.0 Å². The molecule has 2 N–H and O–H groups in total. The van der Waals surface area contributed by atoms with Gasteiger partial charge in [0.25, 0.3) is 0 Å². The SMILES string of the molecule is CC(CO)(Cc1ccc(F)cc1)NC1CCCCC1. The van der Waals surface area contributed by atoms with Crippen LogP contribution in [0.4, 0.5) is 4.39 Å². The van der Waals surface area contributed by atoms with Crippen LogP contribution in [0.25, 0.3) is 0 Å². The molecule has 1 aliphatic carbocycles. The first-order valence-corrected chi connectivity index (χ1v) is 7.24. The van der Waals surface area contributed by atoms with E-state index >= 15 is 0 Å². The third kappa shape index (κ3) is 4.29. The number of aliphatic hydroxyl groups is 1. The number of halogens is 1. The standard InChI is InChI=1S/C16H24FNO/c1-16(12-19,18-15-5-3-2-4-6-15)11-13-7-9-14(17)10-8-13/h7-10,15,18-19H,2-6,11-12H2,1H3. The van der Waals surface area contributed by atoms with Gasteiger partial charge in [-0.1, -0.05) is 31.4 Å². The number of nitrogens with one attached hydrogen (secondary N) is 1.